The van der Waals surface area contributed by atoms with E-state index in [4.69, 9.17) is 5.26 Å². The van der Waals surface area contributed by atoms with Crippen LogP contribution in [0.5, 0.6) is 0 Å². The molecule has 1 aliphatic heterocycles. The fourth-order valence-corrected chi connectivity index (χ4v) is 6.15. The zero-order chi connectivity index (χ0) is 15.1. The lowest BCUT2D eigenvalue weighted by Gasteiger charge is -2.46. The van der Waals surface area contributed by atoms with E-state index in [2.05, 4.69) is 0 Å². The second-order valence-electron chi connectivity index (χ2n) is 5.89. The highest BCUT2D eigenvalue weighted by molar-refractivity contribution is 7.91. The fraction of sp³-hybridized carbons (Fsp3) is 0.643. The molecular weight excluding hydrogens is 308 g/mol. The summed E-state index contributed by atoms with van der Waals surface area (Å²) in [6.07, 6.45) is 4.25. The third-order valence-corrected chi connectivity index (χ3v) is 8.00. The molecule has 0 radical (unpaired) electrons. The second kappa shape index (κ2) is 5.36. The van der Waals surface area contributed by atoms with Gasteiger partial charge in [-0.15, -0.1) is 11.3 Å². The maximum Gasteiger partial charge on any atom is 0.252 e. The standard InChI is InChI=1S/C14H18N2O3S2/c15-9-12-4-5-13(20-12)21(18,19)16-8-7-14(17)6-2-1-3-11(14)10-16/h4-5,11,17H,1-3,6-8,10H2. The normalized spacial score (nSPS) is 30.6. The van der Waals surface area contributed by atoms with E-state index in [1.165, 1.54) is 10.4 Å². The molecule has 5 nitrogen and oxygen atoms in total. The van der Waals surface area contributed by atoms with Gasteiger partial charge in [-0.2, -0.15) is 9.57 Å². The average molecular weight is 326 g/mol. The highest BCUT2D eigenvalue weighted by atomic mass is 32.2. The number of hydrogen-bond donors (Lipinski definition) is 1. The van der Waals surface area contributed by atoms with E-state index in [0.29, 0.717) is 24.4 Å². The average Bonchev–Trinajstić information content (AvgIpc) is 2.95. The highest BCUT2D eigenvalue weighted by Crippen LogP contribution is 2.41. The van der Waals surface area contributed by atoms with Gasteiger partial charge in [0, 0.05) is 19.0 Å². The highest BCUT2D eigenvalue weighted by Gasteiger charge is 2.45. The molecule has 0 bridgehead atoms. The molecule has 114 valence electrons. The van der Waals surface area contributed by atoms with Crippen LogP contribution in [0.4, 0.5) is 0 Å². The lowest BCUT2D eigenvalue weighted by molar-refractivity contribution is -0.0816. The SMILES string of the molecule is N#Cc1ccc(S(=O)(=O)N2CCC3(O)CCCCC3C2)s1. The van der Waals surface area contributed by atoms with Crippen LogP contribution in [-0.4, -0.2) is 36.5 Å². The van der Waals surface area contributed by atoms with E-state index < -0.39 is 15.6 Å². The van der Waals surface area contributed by atoms with Gasteiger partial charge < -0.3 is 5.11 Å². The van der Waals surface area contributed by atoms with Crippen molar-refractivity contribution in [3.05, 3.63) is 17.0 Å². The summed E-state index contributed by atoms with van der Waals surface area (Å²) in [7, 11) is -3.54. The summed E-state index contributed by atoms with van der Waals surface area (Å²) in [5.41, 5.74) is -0.683. The van der Waals surface area contributed by atoms with E-state index in [9.17, 15) is 13.5 Å². The molecule has 1 aliphatic carbocycles. The minimum atomic E-state index is -3.54. The van der Waals surface area contributed by atoms with Gasteiger partial charge in [-0.3, -0.25) is 0 Å². The van der Waals surface area contributed by atoms with Gasteiger partial charge >= 0.3 is 0 Å². The first-order valence-corrected chi connectivity index (χ1v) is 9.44. The van der Waals surface area contributed by atoms with Crippen LogP contribution in [0.25, 0.3) is 0 Å². The molecule has 1 aromatic rings. The third kappa shape index (κ3) is 2.61. The van der Waals surface area contributed by atoms with E-state index in [1.54, 1.807) is 6.07 Å². The molecule has 0 spiro atoms. The molecule has 2 heterocycles. The van der Waals surface area contributed by atoms with Gasteiger partial charge in [-0.05, 0) is 31.4 Å². The molecule has 0 amide bonds. The Labute approximate surface area is 128 Å². The molecule has 2 aliphatic rings. The number of rotatable bonds is 2. The predicted octanol–water partition coefficient (Wildman–Crippen LogP) is 1.94. The summed E-state index contributed by atoms with van der Waals surface area (Å²) in [6.45, 7) is 0.744. The Morgan fingerprint density at radius 1 is 1.38 bits per heavy atom. The number of sulfonamides is 1. The van der Waals surface area contributed by atoms with Gasteiger partial charge in [-0.1, -0.05) is 12.8 Å². The fourth-order valence-electron chi connectivity index (χ4n) is 3.40. The van der Waals surface area contributed by atoms with Crippen LogP contribution < -0.4 is 0 Å². The lowest BCUT2D eigenvalue weighted by Crippen LogP contribution is -2.54. The number of fused-ring (bicyclic) bond motifs is 1. The third-order valence-electron chi connectivity index (χ3n) is 4.68. The first-order chi connectivity index (χ1) is 9.95. The Balaban J connectivity index is 1.83. The molecule has 1 aromatic heterocycles. The molecule has 21 heavy (non-hydrogen) atoms. The van der Waals surface area contributed by atoms with Gasteiger partial charge in [0.1, 0.15) is 15.2 Å². The van der Waals surface area contributed by atoms with Crippen molar-refractivity contribution < 1.29 is 13.5 Å². The van der Waals surface area contributed by atoms with Crippen molar-refractivity contribution in [2.75, 3.05) is 13.1 Å². The van der Waals surface area contributed by atoms with Crippen LogP contribution in [0.15, 0.2) is 16.3 Å². The maximum atomic E-state index is 12.6. The largest absolute Gasteiger partial charge is 0.390 e. The van der Waals surface area contributed by atoms with Gasteiger partial charge in [0.15, 0.2) is 0 Å². The quantitative estimate of drug-likeness (QED) is 0.900. The number of aliphatic hydroxyl groups is 1. The van der Waals surface area contributed by atoms with E-state index in [0.717, 1.165) is 37.0 Å². The lowest BCUT2D eigenvalue weighted by atomic mass is 9.72. The smallest absolute Gasteiger partial charge is 0.252 e. The van der Waals surface area contributed by atoms with E-state index in [1.807, 2.05) is 6.07 Å². The van der Waals surface area contributed by atoms with Crippen molar-refractivity contribution in [1.82, 2.24) is 4.31 Å². The Morgan fingerprint density at radius 2 is 2.19 bits per heavy atom. The summed E-state index contributed by atoms with van der Waals surface area (Å²) < 4.78 is 27.0. The van der Waals surface area contributed by atoms with Gasteiger partial charge in [0.05, 0.1) is 5.60 Å². The monoisotopic (exact) mass is 326 g/mol. The molecule has 2 atom stereocenters. The first-order valence-electron chi connectivity index (χ1n) is 7.18. The second-order valence-corrected chi connectivity index (χ2v) is 9.14. The topological polar surface area (TPSA) is 81.4 Å². The maximum absolute atomic E-state index is 12.6. The van der Waals surface area contributed by atoms with Crippen molar-refractivity contribution in [3.63, 3.8) is 0 Å². The summed E-state index contributed by atoms with van der Waals surface area (Å²) in [4.78, 5) is 0.403. The van der Waals surface area contributed by atoms with Gasteiger partial charge in [-0.25, -0.2) is 8.42 Å². The van der Waals surface area contributed by atoms with Crippen LogP contribution in [0, 0.1) is 17.2 Å². The van der Waals surface area contributed by atoms with E-state index in [-0.39, 0.29) is 10.1 Å². The van der Waals surface area contributed by atoms with Crippen molar-refractivity contribution in [2.24, 2.45) is 5.92 Å². The molecule has 3 rings (SSSR count). The number of piperidine rings is 1. The molecule has 2 unspecified atom stereocenters. The van der Waals surface area contributed by atoms with Crippen LogP contribution in [0.3, 0.4) is 0 Å². The van der Waals surface area contributed by atoms with Crippen LogP contribution in [0.1, 0.15) is 37.0 Å². The number of thiophene rings is 1. The zero-order valence-corrected chi connectivity index (χ0v) is 13.3. The number of nitriles is 1. The van der Waals surface area contributed by atoms with Crippen molar-refractivity contribution in [3.8, 4) is 6.07 Å². The van der Waals surface area contributed by atoms with Gasteiger partial charge in [0.25, 0.3) is 10.0 Å². The van der Waals surface area contributed by atoms with Crippen LogP contribution in [-0.2, 0) is 10.0 Å². The number of hydrogen-bond acceptors (Lipinski definition) is 5. The molecule has 0 aromatic carbocycles. The van der Waals surface area contributed by atoms with Crippen molar-refractivity contribution in [1.29, 1.82) is 5.26 Å². The Bertz CT molecular complexity index is 677. The molecule has 2 fully saturated rings. The minimum Gasteiger partial charge on any atom is -0.390 e. The Hall–Kier alpha value is -0.940. The molecule has 1 saturated heterocycles. The van der Waals surface area contributed by atoms with Crippen LogP contribution in [0.2, 0.25) is 0 Å². The van der Waals surface area contributed by atoms with Gasteiger partial charge in [0.2, 0.25) is 0 Å². The molecule has 1 saturated carbocycles. The summed E-state index contributed by atoms with van der Waals surface area (Å²) in [6, 6.07) is 5.01. The molecular formula is C14H18N2O3S2. The predicted molar refractivity (Wildman–Crippen MR) is 79.3 cm³/mol. The van der Waals surface area contributed by atoms with Crippen molar-refractivity contribution in [2.45, 2.75) is 41.9 Å². The molecule has 7 heteroatoms. The summed E-state index contributed by atoms with van der Waals surface area (Å²) in [5, 5.41) is 19.5. The minimum absolute atomic E-state index is 0.0326. The van der Waals surface area contributed by atoms with Crippen molar-refractivity contribution >= 4 is 21.4 Å². The summed E-state index contributed by atoms with van der Waals surface area (Å²) in [5.74, 6) is 0.0326. The Kier molecular flexibility index (Phi) is 3.82. The first kappa shape index (κ1) is 15.0. The summed E-state index contributed by atoms with van der Waals surface area (Å²) >= 11 is 1.01. The number of nitrogens with zero attached hydrogens (tertiary/aromatic N) is 2. The zero-order valence-electron chi connectivity index (χ0n) is 11.7. The molecule has 1 N–H and O–H groups in total. The Morgan fingerprint density at radius 3 is 2.90 bits per heavy atom. The van der Waals surface area contributed by atoms with E-state index >= 15 is 0 Å². The van der Waals surface area contributed by atoms with Crippen LogP contribution >= 0.6 is 11.3 Å².